The number of morpholine rings is 1. The van der Waals surface area contributed by atoms with Crippen LogP contribution in [0, 0.1) is 0 Å². The summed E-state index contributed by atoms with van der Waals surface area (Å²) >= 11 is 1.45. The summed E-state index contributed by atoms with van der Waals surface area (Å²) in [6.07, 6.45) is 0.371. The molecule has 9 heteroatoms. The summed E-state index contributed by atoms with van der Waals surface area (Å²) in [5.41, 5.74) is 0.840. The number of imide groups is 1. The van der Waals surface area contributed by atoms with Crippen LogP contribution in [0.1, 0.15) is 12.8 Å². The van der Waals surface area contributed by atoms with Crippen molar-refractivity contribution < 1.29 is 24.0 Å². The lowest BCUT2D eigenvalue weighted by atomic mass is 10.3. The Kier molecular flexibility index (Phi) is 5.65. The van der Waals surface area contributed by atoms with Crippen LogP contribution in [0.3, 0.4) is 0 Å². The van der Waals surface area contributed by atoms with Crippen molar-refractivity contribution in [2.24, 2.45) is 0 Å². The van der Waals surface area contributed by atoms with Gasteiger partial charge in [-0.1, -0.05) is 23.5 Å². The van der Waals surface area contributed by atoms with Gasteiger partial charge in [0, 0.05) is 12.8 Å². The Balaban J connectivity index is 1.53. The Hall–Kier alpha value is -2.36. The van der Waals surface area contributed by atoms with Crippen molar-refractivity contribution in [1.82, 2.24) is 9.88 Å². The number of quaternary nitrogens is 1. The Bertz CT molecular complexity index is 844. The number of ether oxygens (including phenoxy) is 1. The van der Waals surface area contributed by atoms with E-state index in [9.17, 15) is 14.4 Å². The molecule has 4 rings (SSSR count). The van der Waals surface area contributed by atoms with Crippen LogP contribution in [0.2, 0.25) is 0 Å². The van der Waals surface area contributed by atoms with Gasteiger partial charge in [0.25, 0.3) is 0 Å². The summed E-state index contributed by atoms with van der Waals surface area (Å²) in [5.74, 6) is -0.821. The average molecular weight is 403 g/mol. The molecule has 0 saturated carbocycles. The number of fused-ring (bicyclic) bond motifs is 1. The first kappa shape index (κ1) is 19.0. The lowest BCUT2D eigenvalue weighted by Crippen LogP contribution is -3.14. The molecule has 0 atom stereocenters. The molecular weight excluding hydrogens is 380 g/mol. The predicted octanol–water partition coefficient (Wildman–Crippen LogP) is -0.307. The van der Waals surface area contributed by atoms with Gasteiger partial charge in [0.15, 0.2) is 5.13 Å². The molecule has 8 nitrogen and oxygen atoms in total. The van der Waals surface area contributed by atoms with Gasteiger partial charge >= 0.3 is 0 Å². The molecule has 1 aromatic carbocycles. The summed E-state index contributed by atoms with van der Waals surface area (Å²) in [4.78, 5) is 45.6. The van der Waals surface area contributed by atoms with Gasteiger partial charge in [0.2, 0.25) is 17.7 Å². The first-order chi connectivity index (χ1) is 13.6. The number of aromatic nitrogens is 1. The van der Waals surface area contributed by atoms with Crippen LogP contribution in [0.25, 0.3) is 10.2 Å². The van der Waals surface area contributed by atoms with Crippen LogP contribution in [-0.4, -0.2) is 73.5 Å². The minimum Gasteiger partial charge on any atom is -0.370 e. The number of amides is 3. The van der Waals surface area contributed by atoms with Crippen LogP contribution < -0.4 is 9.80 Å². The molecule has 28 heavy (non-hydrogen) atoms. The number of thiazole rings is 1. The summed E-state index contributed by atoms with van der Waals surface area (Å²) < 4.78 is 6.40. The number of nitrogens with one attached hydrogen (secondary N) is 1. The highest BCUT2D eigenvalue weighted by atomic mass is 32.1. The van der Waals surface area contributed by atoms with Gasteiger partial charge in [-0.2, -0.15) is 0 Å². The molecule has 2 fully saturated rings. The zero-order valence-electron chi connectivity index (χ0n) is 15.6. The maximum Gasteiger partial charge on any atom is 0.249 e. The van der Waals surface area contributed by atoms with E-state index in [2.05, 4.69) is 4.98 Å². The Morgan fingerprint density at radius 3 is 2.61 bits per heavy atom. The third-order valence-electron chi connectivity index (χ3n) is 5.15. The van der Waals surface area contributed by atoms with E-state index < -0.39 is 0 Å². The minimum atomic E-state index is -0.276. The molecule has 2 aliphatic rings. The summed E-state index contributed by atoms with van der Waals surface area (Å²) in [6, 6.07) is 7.74. The zero-order chi connectivity index (χ0) is 19.5. The van der Waals surface area contributed by atoms with E-state index >= 15 is 0 Å². The number of benzene rings is 1. The van der Waals surface area contributed by atoms with Crippen molar-refractivity contribution in [2.75, 3.05) is 50.8 Å². The first-order valence-corrected chi connectivity index (χ1v) is 10.3. The van der Waals surface area contributed by atoms with E-state index in [0.29, 0.717) is 11.7 Å². The van der Waals surface area contributed by atoms with Gasteiger partial charge < -0.3 is 9.64 Å². The van der Waals surface area contributed by atoms with Crippen molar-refractivity contribution in [1.29, 1.82) is 0 Å². The molecule has 3 heterocycles. The lowest BCUT2D eigenvalue weighted by Gasteiger charge is -2.27. The van der Waals surface area contributed by atoms with Crippen molar-refractivity contribution in [3.8, 4) is 0 Å². The third kappa shape index (κ3) is 4.06. The molecule has 0 unspecified atom stereocenters. The van der Waals surface area contributed by atoms with Gasteiger partial charge in [-0.15, -0.1) is 0 Å². The molecule has 0 radical (unpaired) electrons. The SMILES string of the molecule is O=C1CCC(=O)N1CC(=O)N(CC[NH+]1CCOCC1)c1nc2ccccc2s1. The second-order valence-electron chi connectivity index (χ2n) is 7.00. The maximum absolute atomic E-state index is 13.1. The molecule has 0 bridgehead atoms. The molecule has 2 aliphatic heterocycles. The highest BCUT2D eigenvalue weighted by molar-refractivity contribution is 7.22. The Morgan fingerprint density at radius 1 is 1.18 bits per heavy atom. The number of hydrogen-bond donors (Lipinski definition) is 1. The standard InChI is InChI=1S/C19H22N4O4S/c24-16-5-6-17(25)23(16)13-18(26)22(8-7-21-9-11-27-12-10-21)19-20-14-3-1-2-4-15(14)28-19/h1-4H,5-13H2/p+1. The Morgan fingerprint density at radius 2 is 1.89 bits per heavy atom. The van der Waals surface area contributed by atoms with E-state index in [0.717, 1.165) is 48.0 Å². The summed E-state index contributed by atoms with van der Waals surface area (Å²) in [6.45, 7) is 4.31. The van der Waals surface area contributed by atoms with E-state index in [-0.39, 0.29) is 37.1 Å². The number of para-hydroxylation sites is 1. The van der Waals surface area contributed by atoms with Crippen molar-refractivity contribution in [3.63, 3.8) is 0 Å². The number of carbonyl (C=O) groups is 3. The summed E-state index contributed by atoms with van der Waals surface area (Å²) in [5, 5.41) is 0.609. The smallest absolute Gasteiger partial charge is 0.249 e. The molecule has 2 aromatic rings. The molecule has 2 saturated heterocycles. The number of rotatable bonds is 6. The van der Waals surface area contributed by atoms with Gasteiger partial charge in [0.1, 0.15) is 19.6 Å². The minimum absolute atomic E-state index is 0.186. The topological polar surface area (TPSA) is 84.2 Å². The highest BCUT2D eigenvalue weighted by Gasteiger charge is 2.33. The monoisotopic (exact) mass is 403 g/mol. The van der Waals surface area contributed by atoms with Crippen molar-refractivity contribution in [2.45, 2.75) is 12.8 Å². The number of hydrogen-bond acceptors (Lipinski definition) is 6. The molecule has 1 N–H and O–H groups in total. The fraction of sp³-hybridized carbons (Fsp3) is 0.474. The fourth-order valence-electron chi connectivity index (χ4n) is 3.50. The highest BCUT2D eigenvalue weighted by Crippen LogP contribution is 2.28. The molecule has 3 amide bonds. The zero-order valence-corrected chi connectivity index (χ0v) is 16.4. The fourth-order valence-corrected chi connectivity index (χ4v) is 4.51. The van der Waals surface area contributed by atoms with E-state index in [1.807, 2.05) is 24.3 Å². The van der Waals surface area contributed by atoms with Gasteiger partial charge in [-0.05, 0) is 12.1 Å². The quantitative estimate of drug-likeness (QED) is 0.669. The van der Waals surface area contributed by atoms with Gasteiger partial charge in [-0.25, -0.2) is 4.98 Å². The molecule has 148 valence electrons. The van der Waals surface area contributed by atoms with E-state index in [4.69, 9.17) is 4.74 Å². The van der Waals surface area contributed by atoms with Gasteiger partial charge in [0.05, 0.1) is 36.5 Å². The molecule has 0 spiro atoms. The van der Waals surface area contributed by atoms with Crippen molar-refractivity contribution >= 4 is 44.4 Å². The normalized spacial score (nSPS) is 18.2. The number of nitrogens with zero attached hydrogens (tertiary/aromatic N) is 3. The number of likely N-dealkylation sites (tertiary alicyclic amines) is 1. The second-order valence-corrected chi connectivity index (χ2v) is 8.00. The van der Waals surface area contributed by atoms with E-state index in [1.54, 1.807) is 4.90 Å². The lowest BCUT2D eigenvalue weighted by molar-refractivity contribution is -0.906. The van der Waals surface area contributed by atoms with Crippen molar-refractivity contribution in [3.05, 3.63) is 24.3 Å². The van der Waals surface area contributed by atoms with Crippen LogP contribution in [0.4, 0.5) is 5.13 Å². The van der Waals surface area contributed by atoms with Crippen LogP contribution in [0.15, 0.2) is 24.3 Å². The first-order valence-electron chi connectivity index (χ1n) is 9.52. The predicted molar refractivity (Wildman–Crippen MR) is 104 cm³/mol. The maximum atomic E-state index is 13.1. The number of carbonyl (C=O) groups excluding carboxylic acids is 3. The molecular formula is C19H23N4O4S+. The summed E-state index contributed by atoms with van der Waals surface area (Å²) in [7, 11) is 0. The van der Waals surface area contributed by atoms with Crippen LogP contribution in [-0.2, 0) is 19.1 Å². The van der Waals surface area contributed by atoms with Crippen LogP contribution in [0.5, 0.6) is 0 Å². The van der Waals surface area contributed by atoms with Gasteiger partial charge in [-0.3, -0.25) is 24.2 Å². The second kappa shape index (κ2) is 8.34. The third-order valence-corrected chi connectivity index (χ3v) is 6.21. The van der Waals surface area contributed by atoms with Crippen LogP contribution >= 0.6 is 11.3 Å². The molecule has 0 aliphatic carbocycles. The largest absolute Gasteiger partial charge is 0.370 e. The van der Waals surface area contributed by atoms with E-state index in [1.165, 1.54) is 16.2 Å². The number of anilines is 1. The average Bonchev–Trinajstić information content (AvgIpc) is 3.27. The molecule has 1 aromatic heterocycles. The Labute approximate surface area is 166 Å².